The number of carbonyl (C=O) groups is 1. The number of carbonyl (C=O) groups excluding carboxylic acids is 1. The van der Waals surface area contributed by atoms with Gasteiger partial charge in [0, 0.05) is 28.9 Å². The average molecular weight is 276 g/mol. The molecule has 1 N–H and O–H groups in total. The second-order valence-electron chi connectivity index (χ2n) is 3.28. The molecule has 0 aromatic carbocycles. The topological polar surface area (TPSA) is 68.3 Å². The molecule has 0 fully saturated rings. The minimum Gasteiger partial charge on any atom is -0.465 e. The zero-order chi connectivity index (χ0) is 12.8. The third-order valence-electron chi connectivity index (χ3n) is 2.10. The van der Waals surface area contributed by atoms with E-state index in [0.29, 0.717) is 33.8 Å². The predicted octanol–water partition coefficient (Wildman–Crippen LogP) is 1.42. The molecule has 0 aliphatic heterocycles. The fraction of sp³-hybridized carbons (Fsp3) is 0.600. The number of aryl methyl sites for hydroxylation is 1. The van der Waals surface area contributed by atoms with E-state index in [-0.39, 0.29) is 5.97 Å². The molecule has 1 unspecified atom stereocenters. The van der Waals surface area contributed by atoms with Gasteiger partial charge in [0.05, 0.1) is 12.8 Å². The molecule has 96 valence electrons. The minimum absolute atomic E-state index is 0.370. The van der Waals surface area contributed by atoms with Gasteiger partial charge < -0.3 is 10.1 Å². The van der Waals surface area contributed by atoms with Crippen molar-refractivity contribution in [3.63, 3.8) is 0 Å². The zero-order valence-electron chi connectivity index (χ0n) is 10.1. The number of thiazole rings is 1. The highest BCUT2D eigenvalue weighted by atomic mass is 32.2. The van der Waals surface area contributed by atoms with Crippen LogP contribution in [0, 0.1) is 6.92 Å². The van der Waals surface area contributed by atoms with E-state index in [9.17, 15) is 9.00 Å². The summed E-state index contributed by atoms with van der Waals surface area (Å²) in [6.07, 6.45) is 0. The number of aromatic nitrogens is 1. The first-order chi connectivity index (χ1) is 8.08. The van der Waals surface area contributed by atoms with E-state index in [4.69, 9.17) is 0 Å². The molecule has 1 atom stereocenters. The lowest BCUT2D eigenvalue weighted by atomic mass is 10.4. The number of anilines is 1. The fourth-order valence-electron chi connectivity index (χ4n) is 1.17. The molecular weight excluding hydrogens is 260 g/mol. The Balaban J connectivity index is 2.56. The van der Waals surface area contributed by atoms with Crippen LogP contribution in [-0.4, -0.2) is 40.3 Å². The lowest BCUT2D eigenvalue weighted by molar-refractivity contribution is 0.0605. The van der Waals surface area contributed by atoms with Crippen LogP contribution in [0.4, 0.5) is 5.13 Å². The highest BCUT2D eigenvalue weighted by molar-refractivity contribution is 7.84. The zero-order valence-corrected chi connectivity index (χ0v) is 11.7. The Labute approximate surface area is 107 Å². The largest absolute Gasteiger partial charge is 0.465 e. The second-order valence-corrected chi connectivity index (χ2v) is 6.15. The SMILES string of the molecule is CCS(=O)CCNc1nc(C)c(C(=O)OC)s1. The Morgan fingerprint density at radius 3 is 2.88 bits per heavy atom. The maximum absolute atomic E-state index is 11.3. The predicted molar refractivity (Wildman–Crippen MR) is 70.2 cm³/mol. The average Bonchev–Trinajstić information content (AvgIpc) is 2.69. The van der Waals surface area contributed by atoms with Crippen LogP contribution in [0.5, 0.6) is 0 Å². The van der Waals surface area contributed by atoms with Crippen LogP contribution >= 0.6 is 11.3 Å². The van der Waals surface area contributed by atoms with Crippen molar-refractivity contribution in [1.82, 2.24) is 4.98 Å². The Hall–Kier alpha value is -0.950. The summed E-state index contributed by atoms with van der Waals surface area (Å²) < 4.78 is 15.9. The summed E-state index contributed by atoms with van der Waals surface area (Å²) in [5.41, 5.74) is 0.654. The van der Waals surface area contributed by atoms with Gasteiger partial charge in [-0.25, -0.2) is 9.78 Å². The molecule has 1 aromatic heterocycles. The van der Waals surface area contributed by atoms with Gasteiger partial charge in [0.1, 0.15) is 4.88 Å². The van der Waals surface area contributed by atoms with E-state index in [1.165, 1.54) is 18.4 Å². The molecule has 0 bridgehead atoms. The van der Waals surface area contributed by atoms with Gasteiger partial charge in [-0.05, 0) is 6.92 Å². The molecule has 17 heavy (non-hydrogen) atoms. The molecule has 0 spiro atoms. The van der Waals surface area contributed by atoms with E-state index in [2.05, 4.69) is 15.0 Å². The van der Waals surface area contributed by atoms with Crippen LogP contribution in [0.2, 0.25) is 0 Å². The third kappa shape index (κ3) is 4.08. The van der Waals surface area contributed by atoms with Gasteiger partial charge in [-0.15, -0.1) is 0 Å². The van der Waals surface area contributed by atoms with Crippen molar-refractivity contribution in [3.8, 4) is 0 Å². The first-order valence-corrected chi connectivity index (χ1v) is 7.53. The molecule has 0 aliphatic rings. The first-order valence-electron chi connectivity index (χ1n) is 5.23. The van der Waals surface area contributed by atoms with Crippen LogP contribution in [0.1, 0.15) is 22.3 Å². The Morgan fingerprint density at radius 2 is 2.29 bits per heavy atom. The van der Waals surface area contributed by atoms with Crippen molar-refractivity contribution < 1.29 is 13.7 Å². The van der Waals surface area contributed by atoms with Gasteiger partial charge in [-0.1, -0.05) is 18.3 Å². The number of esters is 1. The van der Waals surface area contributed by atoms with Gasteiger partial charge in [0.25, 0.3) is 0 Å². The lowest BCUT2D eigenvalue weighted by Crippen LogP contribution is -2.11. The first kappa shape index (κ1) is 14.1. The van der Waals surface area contributed by atoms with Crippen molar-refractivity contribution in [2.45, 2.75) is 13.8 Å². The van der Waals surface area contributed by atoms with Crippen molar-refractivity contribution in [1.29, 1.82) is 0 Å². The fourth-order valence-corrected chi connectivity index (χ4v) is 2.70. The second kappa shape index (κ2) is 6.70. The summed E-state index contributed by atoms with van der Waals surface area (Å²) >= 11 is 1.26. The van der Waals surface area contributed by atoms with Crippen LogP contribution < -0.4 is 5.32 Å². The molecular formula is C10H16N2O3S2. The van der Waals surface area contributed by atoms with Gasteiger partial charge in [0.15, 0.2) is 5.13 Å². The number of nitrogens with one attached hydrogen (secondary N) is 1. The molecule has 7 heteroatoms. The third-order valence-corrected chi connectivity index (χ3v) is 4.49. The maximum Gasteiger partial charge on any atom is 0.350 e. The smallest absolute Gasteiger partial charge is 0.350 e. The Kier molecular flexibility index (Phi) is 5.57. The van der Waals surface area contributed by atoms with Gasteiger partial charge >= 0.3 is 5.97 Å². The van der Waals surface area contributed by atoms with Gasteiger partial charge in [-0.2, -0.15) is 0 Å². The molecule has 0 radical (unpaired) electrons. The van der Waals surface area contributed by atoms with Crippen molar-refractivity contribution in [2.24, 2.45) is 0 Å². The number of rotatable bonds is 6. The quantitative estimate of drug-likeness (QED) is 0.796. The van der Waals surface area contributed by atoms with E-state index in [1.807, 2.05) is 6.92 Å². The summed E-state index contributed by atoms with van der Waals surface area (Å²) in [5, 5.41) is 3.72. The Bertz CT molecular complexity index is 418. The molecule has 0 amide bonds. The van der Waals surface area contributed by atoms with Gasteiger partial charge in [0.2, 0.25) is 0 Å². The summed E-state index contributed by atoms with van der Waals surface area (Å²) in [6, 6.07) is 0. The molecule has 1 rings (SSSR count). The molecule has 5 nitrogen and oxygen atoms in total. The van der Waals surface area contributed by atoms with Crippen LogP contribution in [0.3, 0.4) is 0 Å². The number of hydrogen-bond donors (Lipinski definition) is 1. The lowest BCUT2D eigenvalue weighted by Gasteiger charge is -2.00. The van der Waals surface area contributed by atoms with Crippen molar-refractivity contribution in [2.75, 3.05) is 30.5 Å². The van der Waals surface area contributed by atoms with E-state index >= 15 is 0 Å². The molecule has 1 aromatic rings. The maximum atomic E-state index is 11.3. The summed E-state index contributed by atoms with van der Waals surface area (Å²) in [7, 11) is 0.559. The number of nitrogens with zero attached hydrogens (tertiary/aromatic N) is 1. The van der Waals surface area contributed by atoms with E-state index < -0.39 is 10.8 Å². The van der Waals surface area contributed by atoms with Crippen molar-refractivity contribution >= 4 is 33.2 Å². The van der Waals surface area contributed by atoms with Crippen LogP contribution in [-0.2, 0) is 15.5 Å². The number of ether oxygens (including phenoxy) is 1. The van der Waals surface area contributed by atoms with Crippen LogP contribution in [0.25, 0.3) is 0 Å². The minimum atomic E-state index is -0.787. The highest BCUT2D eigenvalue weighted by Crippen LogP contribution is 2.22. The number of hydrogen-bond acceptors (Lipinski definition) is 6. The monoisotopic (exact) mass is 276 g/mol. The molecule has 0 saturated carbocycles. The summed E-state index contributed by atoms with van der Waals surface area (Å²) in [5.74, 6) is 0.875. The molecule has 0 saturated heterocycles. The standard InChI is InChI=1S/C10H16N2O3S2/c1-4-17(14)6-5-11-10-12-7(2)8(16-10)9(13)15-3/h4-6H2,1-3H3,(H,11,12). The summed E-state index contributed by atoms with van der Waals surface area (Å²) in [6.45, 7) is 4.24. The normalized spacial score (nSPS) is 12.2. The van der Waals surface area contributed by atoms with E-state index in [1.54, 1.807) is 6.92 Å². The highest BCUT2D eigenvalue weighted by Gasteiger charge is 2.15. The molecule has 1 heterocycles. The van der Waals surface area contributed by atoms with E-state index in [0.717, 1.165) is 0 Å². The van der Waals surface area contributed by atoms with Gasteiger partial charge in [-0.3, -0.25) is 4.21 Å². The number of methoxy groups -OCH3 is 1. The van der Waals surface area contributed by atoms with Crippen LogP contribution in [0.15, 0.2) is 0 Å². The summed E-state index contributed by atoms with van der Waals surface area (Å²) in [4.78, 5) is 16.1. The Morgan fingerprint density at radius 1 is 1.59 bits per heavy atom. The van der Waals surface area contributed by atoms with Crippen molar-refractivity contribution in [3.05, 3.63) is 10.6 Å². The molecule has 0 aliphatic carbocycles.